The Balaban J connectivity index is 1.98. The number of hydrogen-bond acceptors (Lipinski definition) is 3. The molecule has 1 aliphatic heterocycles. The van der Waals surface area contributed by atoms with E-state index in [1.165, 1.54) is 0 Å². The van der Waals surface area contributed by atoms with Crippen LogP contribution in [0.5, 0.6) is 5.75 Å². The molecule has 1 aliphatic rings. The van der Waals surface area contributed by atoms with E-state index in [0.717, 1.165) is 5.56 Å². The first-order valence-corrected chi connectivity index (χ1v) is 6.84. The Hall–Kier alpha value is -1.71. The predicted octanol–water partition coefficient (Wildman–Crippen LogP) is 4.28. The molecule has 0 saturated heterocycles. The Morgan fingerprint density at radius 1 is 1.10 bits per heavy atom. The van der Waals surface area contributed by atoms with Gasteiger partial charge in [-0.2, -0.15) is 0 Å². The normalized spacial score (nSPS) is 17.5. The zero-order chi connectivity index (χ0) is 14.3. The van der Waals surface area contributed by atoms with Gasteiger partial charge in [0.25, 0.3) is 0 Å². The van der Waals surface area contributed by atoms with E-state index in [9.17, 15) is 4.79 Å². The molecule has 0 spiro atoms. The van der Waals surface area contributed by atoms with Crippen LogP contribution in [0.15, 0.2) is 36.4 Å². The van der Waals surface area contributed by atoms with Crippen molar-refractivity contribution in [3.05, 3.63) is 57.6 Å². The van der Waals surface area contributed by atoms with Gasteiger partial charge >= 0.3 is 0 Å². The summed E-state index contributed by atoms with van der Waals surface area (Å²) in [6.45, 7) is 0. The first kappa shape index (κ1) is 13.3. The molecular formula is C15H11Cl2NO2. The van der Waals surface area contributed by atoms with E-state index in [1.54, 1.807) is 30.3 Å². The van der Waals surface area contributed by atoms with Crippen LogP contribution in [0.4, 0.5) is 5.69 Å². The van der Waals surface area contributed by atoms with E-state index in [-0.39, 0.29) is 18.3 Å². The van der Waals surface area contributed by atoms with E-state index >= 15 is 0 Å². The molecule has 5 heteroatoms. The van der Waals surface area contributed by atoms with E-state index in [2.05, 4.69) is 0 Å². The fraction of sp³-hybridized carbons (Fsp3) is 0.133. The average molecular weight is 308 g/mol. The minimum Gasteiger partial charge on any atom is -0.484 e. The molecule has 1 unspecified atom stereocenters. The van der Waals surface area contributed by atoms with Gasteiger partial charge in [0.2, 0.25) is 0 Å². The molecule has 3 nitrogen and oxygen atoms in total. The zero-order valence-corrected chi connectivity index (χ0v) is 11.9. The predicted molar refractivity (Wildman–Crippen MR) is 79.6 cm³/mol. The van der Waals surface area contributed by atoms with Crippen LogP contribution in [0.25, 0.3) is 0 Å². The zero-order valence-electron chi connectivity index (χ0n) is 10.4. The maximum Gasteiger partial charge on any atom is 0.170 e. The second-order valence-corrected chi connectivity index (χ2v) is 5.48. The van der Waals surface area contributed by atoms with Gasteiger partial charge in [0, 0.05) is 11.8 Å². The van der Waals surface area contributed by atoms with Crippen LogP contribution in [0.1, 0.15) is 28.4 Å². The van der Waals surface area contributed by atoms with Crippen molar-refractivity contribution < 1.29 is 9.53 Å². The molecule has 0 fully saturated rings. The summed E-state index contributed by atoms with van der Waals surface area (Å²) in [5, 5.41) is 0.917. The third kappa shape index (κ3) is 2.35. The highest BCUT2D eigenvalue weighted by Gasteiger charge is 2.28. The van der Waals surface area contributed by atoms with Crippen molar-refractivity contribution in [3.8, 4) is 5.75 Å². The number of rotatable bonds is 1. The third-order valence-corrected chi connectivity index (χ3v) is 4.00. The van der Waals surface area contributed by atoms with Crippen molar-refractivity contribution in [2.75, 3.05) is 5.73 Å². The topological polar surface area (TPSA) is 52.3 Å². The first-order valence-electron chi connectivity index (χ1n) is 6.09. The Bertz CT molecular complexity index is 700. The molecule has 0 aromatic heterocycles. The largest absolute Gasteiger partial charge is 0.484 e. The molecule has 20 heavy (non-hydrogen) atoms. The number of carbonyl (C=O) groups is 1. The van der Waals surface area contributed by atoms with Crippen LogP contribution in [0, 0.1) is 0 Å². The van der Waals surface area contributed by atoms with E-state index in [1.807, 2.05) is 6.07 Å². The van der Waals surface area contributed by atoms with Gasteiger partial charge in [-0.05, 0) is 29.8 Å². The Morgan fingerprint density at radius 2 is 1.90 bits per heavy atom. The molecule has 0 saturated carbocycles. The molecule has 102 valence electrons. The van der Waals surface area contributed by atoms with E-state index < -0.39 is 0 Å². The minimum atomic E-state index is -0.369. The summed E-state index contributed by atoms with van der Waals surface area (Å²) < 4.78 is 5.86. The standard InChI is InChI=1S/C15H11Cl2NO2/c16-11-4-1-8(5-12(11)17)14-7-13(19)10-3-2-9(18)6-15(10)20-14/h1-6,14H,7,18H2. The first-order chi connectivity index (χ1) is 9.54. The molecular weight excluding hydrogens is 297 g/mol. The van der Waals surface area contributed by atoms with Gasteiger partial charge in [-0.15, -0.1) is 0 Å². The number of Topliss-reactive ketones (excluding diaryl/α,β-unsaturated/α-hetero) is 1. The van der Waals surface area contributed by atoms with Crippen molar-refractivity contribution in [3.63, 3.8) is 0 Å². The lowest BCUT2D eigenvalue weighted by Crippen LogP contribution is -2.20. The van der Waals surface area contributed by atoms with Crippen molar-refractivity contribution >= 4 is 34.7 Å². The molecule has 2 N–H and O–H groups in total. The van der Waals surface area contributed by atoms with Crippen LogP contribution in [0.3, 0.4) is 0 Å². The Labute approximate surface area is 126 Å². The molecule has 0 radical (unpaired) electrons. The van der Waals surface area contributed by atoms with E-state index in [4.69, 9.17) is 33.7 Å². The van der Waals surface area contributed by atoms with Crippen LogP contribution in [-0.4, -0.2) is 5.78 Å². The number of anilines is 1. The number of nitrogens with two attached hydrogens (primary N) is 1. The quantitative estimate of drug-likeness (QED) is 0.800. The second kappa shape index (κ2) is 5.00. The number of ether oxygens (including phenoxy) is 1. The van der Waals surface area contributed by atoms with Gasteiger partial charge in [0.15, 0.2) is 5.78 Å². The highest BCUT2D eigenvalue weighted by atomic mass is 35.5. The Kier molecular flexibility index (Phi) is 3.32. The smallest absolute Gasteiger partial charge is 0.170 e. The molecule has 1 heterocycles. The average Bonchev–Trinajstić information content (AvgIpc) is 2.41. The summed E-state index contributed by atoms with van der Waals surface area (Å²) in [5.41, 5.74) is 7.67. The lowest BCUT2D eigenvalue weighted by molar-refractivity contribution is 0.0850. The third-order valence-electron chi connectivity index (χ3n) is 3.26. The van der Waals surface area contributed by atoms with Gasteiger partial charge in [0.05, 0.1) is 22.0 Å². The van der Waals surface area contributed by atoms with Gasteiger partial charge in [-0.3, -0.25) is 4.79 Å². The number of halogens is 2. The second-order valence-electron chi connectivity index (χ2n) is 4.66. The van der Waals surface area contributed by atoms with Gasteiger partial charge in [-0.1, -0.05) is 29.3 Å². The molecule has 0 bridgehead atoms. The molecule has 2 aromatic carbocycles. The number of carbonyl (C=O) groups excluding carboxylic acids is 1. The molecule has 2 aromatic rings. The highest BCUT2D eigenvalue weighted by molar-refractivity contribution is 6.42. The summed E-state index contributed by atoms with van der Waals surface area (Å²) in [7, 11) is 0. The Morgan fingerprint density at radius 3 is 2.65 bits per heavy atom. The van der Waals surface area contributed by atoms with Gasteiger partial charge < -0.3 is 10.5 Å². The van der Waals surface area contributed by atoms with Gasteiger partial charge in [0.1, 0.15) is 11.9 Å². The minimum absolute atomic E-state index is 0.0299. The fourth-order valence-corrected chi connectivity index (χ4v) is 2.55. The number of hydrogen-bond donors (Lipinski definition) is 1. The molecule has 0 aliphatic carbocycles. The number of fused-ring (bicyclic) bond motifs is 1. The molecule has 1 atom stereocenters. The molecule has 0 amide bonds. The highest BCUT2D eigenvalue weighted by Crippen LogP contribution is 2.37. The lowest BCUT2D eigenvalue weighted by atomic mass is 9.96. The van der Waals surface area contributed by atoms with Crippen LogP contribution < -0.4 is 10.5 Å². The van der Waals surface area contributed by atoms with E-state index in [0.29, 0.717) is 27.0 Å². The summed E-state index contributed by atoms with van der Waals surface area (Å²) >= 11 is 11.9. The lowest BCUT2D eigenvalue weighted by Gasteiger charge is -2.26. The maximum absolute atomic E-state index is 12.2. The van der Waals surface area contributed by atoms with Gasteiger partial charge in [-0.25, -0.2) is 0 Å². The van der Waals surface area contributed by atoms with Crippen molar-refractivity contribution in [2.24, 2.45) is 0 Å². The maximum atomic E-state index is 12.2. The summed E-state index contributed by atoms with van der Waals surface area (Å²) in [6, 6.07) is 10.3. The summed E-state index contributed by atoms with van der Waals surface area (Å²) in [4.78, 5) is 12.2. The fourth-order valence-electron chi connectivity index (χ4n) is 2.24. The van der Waals surface area contributed by atoms with Crippen LogP contribution in [-0.2, 0) is 0 Å². The van der Waals surface area contributed by atoms with Crippen LogP contribution >= 0.6 is 23.2 Å². The monoisotopic (exact) mass is 307 g/mol. The van der Waals surface area contributed by atoms with Crippen molar-refractivity contribution in [1.82, 2.24) is 0 Å². The van der Waals surface area contributed by atoms with Crippen molar-refractivity contribution in [1.29, 1.82) is 0 Å². The van der Waals surface area contributed by atoms with Crippen molar-refractivity contribution in [2.45, 2.75) is 12.5 Å². The summed E-state index contributed by atoms with van der Waals surface area (Å²) in [6.07, 6.45) is -0.0962. The SMILES string of the molecule is Nc1ccc2c(c1)OC(c1ccc(Cl)c(Cl)c1)CC2=O. The number of benzene rings is 2. The summed E-state index contributed by atoms with van der Waals surface area (Å²) in [5.74, 6) is 0.541. The van der Waals surface area contributed by atoms with Crippen LogP contribution in [0.2, 0.25) is 10.0 Å². The number of ketones is 1. The molecule has 3 rings (SSSR count). The number of nitrogen functional groups attached to an aromatic ring is 1.